The predicted octanol–water partition coefficient (Wildman–Crippen LogP) is 2.62. The van der Waals surface area contributed by atoms with Crippen molar-refractivity contribution in [1.82, 2.24) is 10.2 Å². The molecule has 0 aliphatic heterocycles. The third kappa shape index (κ3) is 5.06. The van der Waals surface area contributed by atoms with E-state index >= 15 is 0 Å². The molecule has 7 nitrogen and oxygen atoms in total. The molecule has 0 spiro atoms. The summed E-state index contributed by atoms with van der Waals surface area (Å²) in [4.78, 5) is 24.1. The molecule has 0 unspecified atom stereocenters. The molecule has 2 aromatic rings. The quantitative estimate of drug-likeness (QED) is 0.479. The Balaban J connectivity index is 2.04. The molecule has 1 N–H and O–H groups in total. The maximum Gasteiger partial charge on any atom is 0.433 e. The Hall–Kier alpha value is -2.93. The number of rotatable bonds is 7. The molecule has 1 aromatic heterocycles. The van der Waals surface area contributed by atoms with Gasteiger partial charge in [-0.15, -0.1) is 0 Å². The molecular formula is C17H19N3O4. The second kappa shape index (κ2) is 8.07. The Morgan fingerprint density at radius 2 is 2.00 bits per heavy atom. The first-order chi connectivity index (χ1) is 11.5. The van der Waals surface area contributed by atoms with E-state index in [0.29, 0.717) is 6.54 Å². The zero-order chi connectivity index (χ0) is 17.5. The van der Waals surface area contributed by atoms with Gasteiger partial charge in [0.05, 0.1) is 12.1 Å². The fourth-order valence-corrected chi connectivity index (χ4v) is 2.19. The minimum absolute atomic E-state index is 0.163. The van der Waals surface area contributed by atoms with Gasteiger partial charge >= 0.3 is 5.88 Å². The molecule has 0 fully saturated rings. The van der Waals surface area contributed by atoms with E-state index in [-0.39, 0.29) is 23.6 Å². The van der Waals surface area contributed by atoms with Gasteiger partial charge in [-0.05, 0) is 31.8 Å². The number of nitrogens with one attached hydrogen (secondary N) is 1. The zero-order valence-corrected chi connectivity index (χ0v) is 13.5. The monoisotopic (exact) mass is 329 g/mol. The molecule has 0 aliphatic rings. The van der Waals surface area contributed by atoms with Crippen molar-refractivity contribution in [2.75, 3.05) is 20.6 Å². The number of hydrogen-bond acceptors (Lipinski definition) is 5. The van der Waals surface area contributed by atoms with Crippen LogP contribution in [0.1, 0.15) is 17.4 Å². The largest absolute Gasteiger partial charge is 0.433 e. The Morgan fingerprint density at radius 3 is 2.58 bits per heavy atom. The number of hydrogen-bond donors (Lipinski definition) is 1. The Bertz CT molecular complexity index is 722. The number of amides is 1. The standard InChI is InChI=1S/C17H19N3O4/c1-19(2)12-15(13-6-4-3-5-7-13)18-16(21)10-8-14-9-11-17(24-14)20(22)23/h3-11,15H,12H2,1-2H3,(H,18,21)/b10-8+/t15-/m1/s1. The van der Waals surface area contributed by atoms with Crippen molar-refractivity contribution in [3.05, 3.63) is 70.0 Å². The first kappa shape index (κ1) is 17.4. The minimum atomic E-state index is -0.625. The van der Waals surface area contributed by atoms with E-state index in [1.54, 1.807) is 0 Å². The highest BCUT2D eigenvalue weighted by molar-refractivity contribution is 5.91. The summed E-state index contributed by atoms with van der Waals surface area (Å²) in [5.41, 5.74) is 1.00. The van der Waals surface area contributed by atoms with Gasteiger partial charge in [0.2, 0.25) is 5.91 Å². The predicted molar refractivity (Wildman–Crippen MR) is 90.3 cm³/mol. The molecule has 0 radical (unpaired) electrons. The average Bonchev–Trinajstić information content (AvgIpc) is 3.02. The summed E-state index contributed by atoms with van der Waals surface area (Å²) in [6.45, 7) is 0.649. The van der Waals surface area contributed by atoms with Crippen molar-refractivity contribution in [3.63, 3.8) is 0 Å². The van der Waals surface area contributed by atoms with E-state index < -0.39 is 4.92 Å². The molecule has 0 bridgehead atoms. The second-order valence-electron chi connectivity index (χ2n) is 5.50. The van der Waals surface area contributed by atoms with Gasteiger partial charge in [-0.25, -0.2) is 0 Å². The fraction of sp³-hybridized carbons (Fsp3) is 0.235. The van der Waals surface area contributed by atoms with Crippen LogP contribution in [0.5, 0.6) is 0 Å². The molecule has 0 aliphatic carbocycles. The number of nitrogens with zero attached hydrogens (tertiary/aromatic N) is 2. The molecule has 24 heavy (non-hydrogen) atoms. The summed E-state index contributed by atoms with van der Waals surface area (Å²) in [7, 11) is 3.86. The highest BCUT2D eigenvalue weighted by atomic mass is 16.6. The average molecular weight is 329 g/mol. The van der Waals surface area contributed by atoms with Crippen molar-refractivity contribution in [1.29, 1.82) is 0 Å². The summed E-state index contributed by atoms with van der Waals surface area (Å²) in [6.07, 6.45) is 2.70. The summed E-state index contributed by atoms with van der Waals surface area (Å²) < 4.78 is 4.98. The lowest BCUT2D eigenvalue weighted by Crippen LogP contribution is -2.34. The van der Waals surface area contributed by atoms with Crippen molar-refractivity contribution in [3.8, 4) is 0 Å². The molecule has 1 amide bonds. The van der Waals surface area contributed by atoms with Crippen LogP contribution in [0.4, 0.5) is 5.88 Å². The van der Waals surface area contributed by atoms with Crippen LogP contribution in [0.2, 0.25) is 0 Å². The zero-order valence-electron chi connectivity index (χ0n) is 13.5. The van der Waals surface area contributed by atoms with Crippen LogP contribution in [0.25, 0.3) is 6.08 Å². The van der Waals surface area contributed by atoms with Gasteiger partial charge in [0, 0.05) is 12.6 Å². The second-order valence-corrected chi connectivity index (χ2v) is 5.50. The third-order valence-corrected chi connectivity index (χ3v) is 3.26. The number of carbonyl (C=O) groups is 1. The molecule has 2 rings (SSSR count). The van der Waals surface area contributed by atoms with Crippen molar-refractivity contribution < 1.29 is 14.1 Å². The fourth-order valence-electron chi connectivity index (χ4n) is 2.19. The van der Waals surface area contributed by atoms with Gasteiger partial charge in [0.1, 0.15) is 10.7 Å². The Labute approximate surface area is 139 Å². The third-order valence-electron chi connectivity index (χ3n) is 3.26. The highest BCUT2D eigenvalue weighted by Gasteiger charge is 2.14. The van der Waals surface area contributed by atoms with Crippen LogP contribution in [-0.2, 0) is 4.79 Å². The molecule has 1 aromatic carbocycles. The van der Waals surface area contributed by atoms with E-state index in [0.717, 1.165) is 5.56 Å². The first-order valence-electron chi connectivity index (χ1n) is 7.38. The maximum absolute atomic E-state index is 12.1. The lowest BCUT2D eigenvalue weighted by molar-refractivity contribution is -0.402. The Morgan fingerprint density at radius 1 is 1.29 bits per heavy atom. The van der Waals surface area contributed by atoms with E-state index in [1.807, 2.05) is 49.3 Å². The summed E-state index contributed by atoms with van der Waals surface area (Å²) in [5, 5.41) is 13.5. The van der Waals surface area contributed by atoms with Crippen LogP contribution in [0.15, 0.2) is 53.0 Å². The SMILES string of the molecule is CN(C)C[C@@H](NC(=O)/C=C/c1ccc([N+](=O)[O-])o1)c1ccccc1. The normalized spacial score (nSPS) is 12.5. The molecule has 0 saturated heterocycles. The van der Waals surface area contributed by atoms with Gasteiger partial charge in [-0.1, -0.05) is 30.3 Å². The van der Waals surface area contributed by atoms with Crippen LogP contribution in [0.3, 0.4) is 0 Å². The number of furan rings is 1. The van der Waals surface area contributed by atoms with Crippen molar-refractivity contribution in [2.45, 2.75) is 6.04 Å². The summed E-state index contributed by atoms with van der Waals surface area (Å²) in [6, 6.07) is 12.2. The number of carbonyl (C=O) groups excluding carboxylic acids is 1. The molecule has 1 atom stereocenters. The van der Waals surface area contributed by atoms with E-state index in [2.05, 4.69) is 5.32 Å². The van der Waals surface area contributed by atoms with Crippen LogP contribution >= 0.6 is 0 Å². The number of benzene rings is 1. The van der Waals surface area contributed by atoms with Gasteiger partial charge in [0.15, 0.2) is 0 Å². The topological polar surface area (TPSA) is 88.6 Å². The number of nitro groups is 1. The summed E-state index contributed by atoms with van der Waals surface area (Å²) >= 11 is 0. The van der Waals surface area contributed by atoms with Gasteiger partial charge in [-0.2, -0.15) is 0 Å². The van der Waals surface area contributed by atoms with Gasteiger partial charge in [0.25, 0.3) is 0 Å². The van der Waals surface area contributed by atoms with Crippen LogP contribution in [0, 0.1) is 10.1 Å². The van der Waals surface area contributed by atoms with Crippen LogP contribution in [-0.4, -0.2) is 36.4 Å². The van der Waals surface area contributed by atoms with Crippen molar-refractivity contribution >= 4 is 17.9 Å². The smallest absolute Gasteiger partial charge is 0.401 e. The van der Waals surface area contributed by atoms with E-state index in [4.69, 9.17) is 4.42 Å². The van der Waals surface area contributed by atoms with E-state index in [9.17, 15) is 14.9 Å². The molecular weight excluding hydrogens is 310 g/mol. The minimum Gasteiger partial charge on any atom is -0.401 e. The summed E-state index contributed by atoms with van der Waals surface area (Å²) in [5.74, 6) is -0.407. The van der Waals surface area contributed by atoms with Gasteiger partial charge < -0.3 is 14.6 Å². The van der Waals surface area contributed by atoms with E-state index in [1.165, 1.54) is 24.3 Å². The number of likely N-dealkylation sites (N-methyl/N-ethyl adjacent to an activating group) is 1. The maximum atomic E-state index is 12.1. The highest BCUT2D eigenvalue weighted by Crippen LogP contribution is 2.17. The molecule has 0 saturated carbocycles. The lowest BCUT2D eigenvalue weighted by Gasteiger charge is -2.22. The van der Waals surface area contributed by atoms with Crippen molar-refractivity contribution in [2.24, 2.45) is 0 Å². The molecule has 7 heteroatoms. The molecule has 1 heterocycles. The van der Waals surface area contributed by atoms with Gasteiger partial charge in [-0.3, -0.25) is 14.9 Å². The first-order valence-corrected chi connectivity index (χ1v) is 7.38. The lowest BCUT2D eigenvalue weighted by atomic mass is 10.1. The Kier molecular flexibility index (Phi) is 5.86. The molecule has 126 valence electrons. The van der Waals surface area contributed by atoms with Crippen LogP contribution < -0.4 is 5.32 Å².